The SMILES string of the molecule is CCNC(=NCc1ccc(OC)nc1)NCc1ccc(C)cc1SC.I. The van der Waals surface area contributed by atoms with Gasteiger partial charge in [-0.2, -0.15) is 0 Å². The van der Waals surface area contributed by atoms with Gasteiger partial charge in [0.1, 0.15) is 0 Å². The number of hydrogen-bond donors (Lipinski definition) is 2. The summed E-state index contributed by atoms with van der Waals surface area (Å²) >= 11 is 1.77. The van der Waals surface area contributed by atoms with Gasteiger partial charge in [-0.3, -0.25) is 0 Å². The Hall–Kier alpha value is -1.48. The number of guanidine groups is 1. The fourth-order valence-corrected chi connectivity index (χ4v) is 3.02. The lowest BCUT2D eigenvalue weighted by Crippen LogP contribution is -2.36. The van der Waals surface area contributed by atoms with Crippen LogP contribution in [-0.4, -0.2) is 30.9 Å². The molecule has 0 amide bonds. The zero-order valence-corrected chi connectivity index (χ0v) is 18.9. The molecule has 0 unspecified atom stereocenters. The lowest BCUT2D eigenvalue weighted by atomic mass is 10.1. The van der Waals surface area contributed by atoms with Crippen LogP contribution in [0.15, 0.2) is 46.4 Å². The molecule has 2 rings (SSSR count). The molecule has 2 aromatic rings. The number of rotatable bonds is 7. The Bertz CT molecular complexity index is 707. The second-order valence-corrected chi connectivity index (χ2v) is 6.42. The van der Waals surface area contributed by atoms with Gasteiger partial charge in [0.25, 0.3) is 0 Å². The van der Waals surface area contributed by atoms with Crippen molar-refractivity contribution >= 4 is 41.7 Å². The van der Waals surface area contributed by atoms with Gasteiger partial charge in [-0.25, -0.2) is 9.98 Å². The molecule has 1 aromatic carbocycles. The van der Waals surface area contributed by atoms with E-state index in [1.807, 2.05) is 12.1 Å². The largest absolute Gasteiger partial charge is 0.481 e. The van der Waals surface area contributed by atoms with Crippen LogP contribution in [0.1, 0.15) is 23.6 Å². The van der Waals surface area contributed by atoms with E-state index in [0.717, 1.165) is 24.6 Å². The van der Waals surface area contributed by atoms with E-state index in [4.69, 9.17) is 4.74 Å². The molecule has 1 aromatic heterocycles. The van der Waals surface area contributed by atoms with Gasteiger partial charge in [0, 0.05) is 30.2 Å². The molecule has 0 aliphatic rings. The first-order valence-corrected chi connectivity index (χ1v) is 9.53. The van der Waals surface area contributed by atoms with Gasteiger partial charge in [0.05, 0.1) is 13.7 Å². The predicted octanol–water partition coefficient (Wildman–Crippen LogP) is 3.99. The van der Waals surface area contributed by atoms with Crippen molar-refractivity contribution in [3.8, 4) is 5.88 Å². The molecular weight excluding hydrogens is 459 g/mol. The Morgan fingerprint density at radius 3 is 2.65 bits per heavy atom. The molecule has 0 saturated carbocycles. The number of nitrogens with one attached hydrogen (secondary N) is 2. The van der Waals surface area contributed by atoms with Crippen molar-refractivity contribution in [3.05, 3.63) is 53.2 Å². The summed E-state index contributed by atoms with van der Waals surface area (Å²) < 4.78 is 5.08. The summed E-state index contributed by atoms with van der Waals surface area (Å²) in [5.74, 6) is 1.41. The van der Waals surface area contributed by atoms with Crippen LogP contribution in [0.4, 0.5) is 0 Å². The van der Waals surface area contributed by atoms with Crippen molar-refractivity contribution in [2.24, 2.45) is 4.99 Å². The Morgan fingerprint density at radius 1 is 1.23 bits per heavy atom. The summed E-state index contributed by atoms with van der Waals surface area (Å²) in [6.45, 7) is 6.30. The Morgan fingerprint density at radius 2 is 2.04 bits per heavy atom. The average molecular weight is 486 g/mol. The zero-order valence-electron chi connectivity index (χ0n) is 15.7. The molecule has 7 heteroatoms. The minimum atomic E-state index is 0. The summed E-state index contributed by atoms with van der Waals surface area (Å²) in [5.41, 5.74) is 3.59. The van der Waals surface area contributed by atoms with Gasteiger partial charge in [0.2, 0.25) is 5.88 Å². The van der Waals surface area contributed by atoms with Gasteiger partial charge >= 0.3 is 0 Å². The van der Waals surface area contributed by atoms with Gasteiger partial charge in [-0.1, -0.05) is 18.2 Å². The molecule has 0 fully saturated rings. The van der Waals surface area contributed by atoms with Crippen LogP contribution in [0, 0.1) is 6.92 Å². The highest BCUT2D eigenvalue weighted by molar-refractivity contribution is 14.0. The van der Waals surface area contributed by atoms with Crippen LogP contribution in [0.3, 0.4) is 0 Å². The van der Waals surface area contributed by atoms with Crippen LogP contribution in [0.5, 0.6) is 5.88 Å². The predicted molar refractivity (Wildman–Crippen MR) is 121 cm³/mol. The number of aromatic nitrogens is 1. The first kappa shape index (κ1) is 22.6. The number of aryl methyl sites for hydroxylation is 1. The first-order valence-electron chi connectivity index (χ1n) is 8.31. The van der Waals surface area contributed by atoms with Crippen LogP contribution < -0.4 is 15.4 Å². The number of nitrogens with zero attached hydrogens (tertiary/aromatic N) is 2. The van der Waals surface area contributed by atoms with Crippen LogP contribution in [-0.2, 0) is 13.1 Å². The van der Waals surface area contributed by atoms with Crippen molar-refractivity contribution in [2.45, 2.75) is 31.8 Å². The van der Waals surface area contributed by atoms with Gasteiger partial charge < -0.3 is 15.4 Å². The number of thioether (sulfide) groups is 1. The second-order valence-electron chi connectivity index (χ2n) is 5.57. The number of hydrogen-bond acceptors (Lipinski definition) is 4. The number of ether oxygens (including phenoxy) is 1. The highest BCUT2D eigenvalue weighted by Gasteiger charge is 2.04. The maximum atomic E-state index is 5.08. The van der Waals surface area contributed by atoms with Crippen LogP contribution >= 0.6 is 35.7 Å². The van der Waals surface area contributed by atoms with E-state index in [2.05, 4.69) is 58.9 Å². The number of aliphatic imine (C=N–C) groups is 1. The summed E-state index contributed by atoms with van der Waals surface area (Å²) in [6, 6.07) is 10.4. The number of pyridine rings is 1. The van der Waals surface area contributed by atoms with E-state index in [0.29, 0.717) is 12.4 Å². The highest BCUT2D eigenvalue weighted by atomic mass is 127. The van der Waals surface area contributed by atoms with Crippen molar-refractivity contribution in [1.29, 1.82) is 0 Å². The average Bonchev–Trinajstić information content (AvgIpc) is 2.65. The van der Waals surface area contributed by atoms with Crippen molar-refractivity contribution in [3.63, 3.8) is 0 Å². The smallest absolute Gasteiger partial charge is 0.212 e. The van der Waals surface area contributed by atoms with E-state index in [1.165, 1.54) is 16.0 Å². The third kappa shape index (κ3) is 7.03. The summed E-state index contributed by atoms with van der Waals surface area (Å²) in [5, 5.41) is 6.69. The monoisotopic (exact) mass is 486 g/mol. The molecule has 2 N–H and O–H groups in total. The fourth-order valence-electron chi connectivity index (χ4n) is 2.31. The molecule has 0 aliphatic heterocycles. The molecule has 1 heterocycles. The highest BCUT2D eigenvalue weighted by Crippen LogP contribution is 2.21. The van der Waals surface area contributed by atoms with Crippen molar-refractivity contribution < 1.29 is 4.74 Å². The minimum Gasteiger partial charge on any atom is -0.481 e. The first-order chi connectivity index (χ1) is 12.2. The molecule has 0 bridgehead atoms. The summed E-state index contributed by atoms with van der Waals surface area (Å²) in [6.07, 6.45) is 3.89. The zero-order chi connectivity index (χ0) is 18.1. The molecule has 0 atom stereocenters. The Balaban J connectivity index is 0.00000338. The number of methoxy groups -OCH3 is 1. The molecule has 0 radical (unpaired) electrons. The lowest BCUT2D eigenvalue weighted by Gasteiger charge is -2.14. The Labute approximate surface area is 177 Å². The lowest BCUT2D eigenvalue weighted by molar-refractivity contribution is 0.397. The van der Waals surface area contributed by atoms with E-state index in [-0.39, 0.29) is 24.0 Å². The van der Waals surface area contributed by atoms with Crippen molar-refractivity contribution in [1.82, 2.24) is 15.6 Å². The molecule has 0 saturated heterocycles. The van der Waals surface area contributed by atoms with Crippen LogP contribution in [0.2, 0.25) is 0 Å². The second kappa shape index (κ2) is 12.0. The fraction of sp³-hybridized carbons (Fsp3) is 0.368. The maximum Gasteiger partial charge on any atom is 0.212 e. The van der Waals surface area contributed by atoms with Gasteiger partial charge in [-0.15, -0.1) is 35.7 Å². The van der Waals surface area contributed by atoms with Gasteiger partial charge in [0.15, 0.2) is 5.96 Å². The van der Waals surface area contributed by atoms with Gasteiger partial charge in [-0.05, 0) is 42.9 Å². The maximum absolute atomic E-state index is 5.08. The van der Waals surface area contributed by atoms with E-state index in [1.54, 1.807) is 25.1 Å². The molecule has 5 nitrogen and oxygen atoms in total. The topological polar surface area (TPSA) is 58.5 Å². The molecule has 0 spiro atoms. The van der Waals surface area contributed by atoms with Crippen LogP contribution in [0.25, 0.3) is 0 Å². The van der Waals surface area contributed by atoms with Crippen molar-refractivity contribution in [2.75, 3.05) is 19.9 Å². The third-order valence-electron chi connectivity index (χ3n) is 3.66. The Kier molecular flexibility index (Phi) is 10.4. The number of benzene rings is 1. The standard InChI is InChI=1S/C19H26N4OS.HI/c1-5-20-19(22-12-15-7-9-18(24-3)21-11-15)23-13-16-8-6-14(2)10-17(16)25-4;/h6-11H,5,12-13H2,1-4H3,(H2,20,22,23);1H. The minimum absolute atomic E-state index is 0. The van der Waals surface area contributed by atoms with E-state index < -0.39 is 0 Å². The summed E-state index contributed by atoms with van der Waals surface area (Å²) in [7, 11) is 1.61. The normalized spacial score (nSPS) is 10.8. The molecule has 142 valence electrons. The number of halogens is 1. The quantitative estimate of drug-likeness (QED) is 0.268. The third-order valence-corrected chi connectivity index (χ3v) is 4.48. The summed E-state index contributed by atoms with van der Waals surface area (Å²) in [4.78, 5) is 10.1. The molecular formula is C19H27IN4OS. The van der Waals surface area contributed by atoms with E-state index >= 15 is 0 Å². The van der Waals surface area contributed by atoms with E-state index in [9.17, 15) is 0 Å². The molecule has 0 aliphatic carbocycles. The molecule has 26 heavy (non-hydrogen) atoms.